The third kappa shape index (κ3) is 4.30. The number of nitrogens with zero attached hydrogens (tertiary/aromatic N) is 2. The highest BCUT2D eigenvalue weighted by Gasteiger charge is 2.10. The van der Waals surface area contributed by atoms with Crippen LogP contribution < -0.4 is 5.56 Å². The Morgan fingerprint density at radius 2 is 1.81 bits per heavy atom. The number of hydrogen-bond acceptors (Lipinski definition) is 4. The minimum atomic E-state index is -0.978. The highest BCUT2D eigenvalue weighted by atomic mass is 16.4. The second-order valence-electron chi connectivity index (χ2n) is 6.35. The standard InChI is InChI=1S/C21H20N2O4/c1-14-10-19(25)23(9-8-15-4-2-7-18(11-15)21(26)27)22-20(14)17-6-3-5-16(12-17)13-24/h2-7,10-12,24H,8-9,13H2,1H3,(H,26,27). The zero-order chi connectivity index (χ0) is 19.4. The summed E-state index contributed by atoms with van der Waals surface area (Å²) in [7, 11) is 0. The van der Waals surface area contributed by atoms with E-state index < -0.39 is 5.97 Å². The molecule has 138 valence electrons. The van der Waals surface area contributed by atoms with Gasteiger partial charge in [-0.15, -0.1) is 0 Å². The first-order valence-electron chi connectivity index (χ1n) is 8.59. The van der Waals surface area contributed by atoms with Gasteiger partial charge in [0.15, 0.2) is 0 Å². The number of carbonyl (C=O) groups is 1. The van der Waals surface area contributed by atoms with Gasteiger partial charge in [0, 0.05) is 18.2 Å². The quantitative estimate of drug-likeness (QED) is 0.701. The lowest BCUT2D eigenvalue weighted by Gasteiger charge is -2.11. The van der Waals surface area contributed by atoms with Crippen LogP contribution >= 0.6 is 0 Å². The van der Waals surface area contributed by atoms with Crippen LogP contribution in [0.25, 0.3) is 11.3 Å². The van der Waals surface area contributed by atoms with Crippen LogP contribution in [0.5, 0.6) is 0 Å². The Labute approximate surface area is 156 Å². The van der Waals surface area contributed by atoms with Crippen molar-refractivity contribution in [3.8, 4) is 11.3 Å². The minimum absolute atomic E-state index is 0.0631. The van der Waals surface area contributed by atoms with Gasteiger partial charge in [-0.2, -0.15) is 5.10 Å². The fourth-order valence-electron chi connectivity index (χ4n) is 2.93. The van der Waals surface area contributed by atoms with E-state index in [4.69, 9.17) is 5.11 Å². The molecule has 0 amide bonds. The SMILES string of the molecule is Cc1cc(=O)n(CCc2cccc(C(=O)O)c2)nc1-c1cccc(CO)c1. The number of aromatic carboxylic acids is 1. The van der Waals surface area contributed by atoms with E-state index in [9.17, 15) is 14.7 Å². The smallest absolute Gasteiger partial charge is 0.335 e. The van der Waals surface area contributed by atoms with Crippen molar-refractivity contribution < 1.29 is 15.0 Å². The Balaban J connectivity index is 1.89. The summed E-state index contributed by atoms with van der Waals surface area (Å²) in [5.41, 5.74) is 3.90. The lowest BCUT2D eigenvalue weighted by atomic mass is 10.0. The molecule has 6 nitrogen and oxygen atoms in total. The number of aromatic nitrogens is 2. The van der Waals surface area contributed by atoms with Gasteiger partial charge in [0.1, 0.15) is 0 Å². The Bertz CT molecular complexity index is 1040. The Morgan fingerprint density at radius 3 is 2.56 bits per heavy atom. The van der Waals surface area contributed by atoms with E-state index >= 15 is 0 Å². The second-order valence-corrected chi connectivity index (χ2v) is 6.35. The number of rotatable bonds is 6. The number of benzene rings is 2. The van der Waals surface area contributed by atoms with Crippen LogP contribution in [0.2, 0.25) is 0 Å². The molecule has 2 aromatic carbocycles. The summed E-state index contributed by atoms with van der Waals surface area (Å²) in [5.74, 6) is -0.978. The molecule has 0 aliphatic carbocycles. The maximum absolute atomic E-state index is 12.3. The average Bonchev–Trinajstić information content (AvgIpc) is 2.67. The van der Waals surface area contributed by atoms with E-state index in [1.165, 1.54) is 10.7 Å². The lowest BCUT2D eigenvalue weighted by Crippen LogP contribution is -2.24. The van der Waals surface area contributed by atoms with Crippen LogP contribution in [-0.4, -0.2) is 26.0 Å². The number of aliphatic hydroxyl groups excluding tert-OH is 1. The number of aliphatic hydroxyl groups is 1. The molecule has 0 radical (unpaired) electrons. The maximum atomic E-state index is 12.3. The fraction of sp³-hybridized carbons (Fsp3) is 0.190. The summed E-state index contributed by atoms with van der Waals surface area (Å²) < 4.78 is 1.39. The summed E-state index contributed by atoms with van der Waals surface area (Å²) in [5, 5.41) is 22.9. The molecule has 2 N–H and O–H groups in total. The molecule has 1 heterocycles. The average molecular weight is 364 g/mol. The fourth-order valence-corrected chi connectivity index (χ4v) is 2.93. The Kier molecular flexibility index (Phi) is 5.47. The highest BCUT2D eigenvalue weighted by Crippen LogP contribution is 2.21. The molecular weight excluding hydrogens is 344 g/mol. The van der Waals surface area contributed by atoms with Gasteiger partial charge in [0.2, 0.25) is 0 Å². The molecule has 0 atom stereocenters. The molecule has 0 aliphatic rings. The summed E-state index contributed by atoms with van der Waals surface area (Å²) in [6.45, 7) is 2.11. The van der Waals surface area contributed by atoms with Crippen molar-refractivity contribution in [3.63, 3.8) is 0 Å². The highest BCUT2D eigenvalue weighted by molar-refractivity contribution is 5.87. The monoisotopic (exact) mass is 364 g/mol. The molecule has 0 aliphatic heterocycles. The van der Waals surface area contributed by atoms with Crippen LogP contribution in [0.1, 0.15) is 27.0 Å². The van der Waals surface area contributed by atoms with Gasteiger partial charge in [-0.05, 0) is 48.2 Å². The van der Waals surface area contributed by atoms with Gasteiger partial charge in [-0.25, -0.2) is 9.48 Å². The molecule has 0 saturated carbocycles. The topological polar surface area (TPSA) is 92.4 Å². The van der Waals surface area contributed by atoms with E-state index in [1.807, 2.05) is 37.3 Å². The molecule has 3 rings (SSSR count). The molecule has 0 unspecified atom stereocenters. The number of hydrogen-bond donors (Lipinski definition) is 2. The van der Waals surface area contributed by atoms with Crippen LogP contribution in [0.4, 0.5) is 0 Å². The third-order valence-corrected chi connectivity index (χ3v) is 4.36. The molecule has 0 fully saturated rings. The summed E-state index contributed by atoms with van der Waals surface area (Å²) in [6.07, 6.45) is 0.493. The Hall–Kier alpha value is -3.25. The van der Waals surface area contributed by atoms with Gasteiger partial charge in [0.25, 0.3) is 5.56 Å². The lowest BCUT2D eigenvalue weighted by molar-refractivity contribution is 0.0696. The molecule has 3 aromatic rings. The van der Waals surface area contributed by atoms with Gasteiger partial charge < -0.3 is 10.2 Å². The van der Waals surface area contributed by atoms with Gasteiger partial charge in [0.05, 0.1) is 17.9 Å². The first-order valence-corrected chi connectivity index (χ1v) is 8.59. The Morgan fingerprint density at radius 1 is 1.07 bits per heavy atom. The molecule has 27 heavy (non-hydrogen) atoms. The molecule has 1 aromatic heterocycles. The van der Waals surface area contributed by atoms with Crippen molar-refractivity contribution in [2.45, 2.75) is 26.5 Å². The molecule has 0 bridgehead atoms. The largest absolute Gasteiger partial charge is 0.478 e. The zero-order valence-electron chi connectivity index (χ0n) is 14.9. The van der Waals surface area contributed by atoms with E-state index in [0.29, 0.717) is 18.7 Å². The molecule has 0 spiro atoms. The van der Waals surface area contributed by atoms with E-state index in [2.05, 4.69) is 5.10 Å². The van der Waals surface area contributed by atoms with Crippen molar-refractivity contribution in [1.82, 2.24) is 9.78 Å². The predicted molar refractivity (Wildman–Crippen MR) is 102 cm³/mol. The van der Waals surface area contributed by atoms with Crippen LogP contribution in [-0.2, 0) is 19.6 Å². The van der Waals surface area contributed by atoms with Crippen molar-refractivity contribution in [3.05, 3.63) is 87.2 Å². The van der Waals surface area contributed by atoms with Crippen molar-refractivity contribution in [2.75, 3.05) is 0 Å². The summed E-state index contributed by atoms with van der Waals surface area (Å²) >= 11 is 0. The predicted octanol–water partition coefficient (Wildman–Crippen LogP) is 2.65. The molecule has 6 heteroatoms. The van der Waals surface area contributed by atoms with E-state index in [-0.39, 0.29) is 17.7 Å². The van der Waals surface area contributed by atoms with Crippen molar-refractivity contribution in [1.29, 1.82) is 0 Å². The molecular formula is C21H20N2O4. The van der Waals surface area contributed by atoms with Gasteiger partial charge in [-0.1, -0.05) is 30.3 Å². The van der Waals surface area contributed by atoms with E-state index in [1.54, 1.807) is 18.2 Å². The summed E-state index contributed by atoms with van der Waals surface area (Å²) in [4.78, 5) is 23.4. The zero-order valence-corrected chi connectivity index (χ0v) is 14.9. The van der Waals surface area contributed by atoms with Gasteiger partial charge in [-0.3, -0.25) is 4.79 Å². The summed E-state index contributed by atoms with van der Waals surface area (Å²) in [6, 6.07) is 15.6. The van der Waals surface area contributed by atoms with E-state index in [0.717, 1.165) is 22.3 Å². The third-order valence-electron chi connectivity index (χ3n) is 4.36. The number of carboxylic acid groups (broad SMARTS) is 1. The van der Waals surface area contributed by atoms with Crippen LogP contribution in [0.15, 0.2) is 59.4 Å². The maximum Gasteiger partial charge on any atom is 0.335 e. The first kappa shape index (κ1) is 18.5. The molecule has 0 saturated heterocycles. The van der Waals surface area contributed by atoms with Crippen LogP contribution in [0, 0.1) is 6.92 Å². The number of carboxylic acids is 1. The van der Waals surface area contributed by atoms with Gasteiger partial charge >= 0.3 is 5.97 Å². The first-order chi connectivity index (χ1) is 13.0. The number of aryl methyl sites for hydroxylation is 3. The normalized spacial score (nSPS) is 10.7. The minimum Gasteiger partial charge on any atom is -0.478 e. The van der Waals surface area contributed by atoms with Crippen molar-refractivity contribution >= 4 is 5.97 Å². The second kappa shape index (κ2) is 7.97. The van der Waals surface area contributed by atoms with Crippen LogP contribution in [0.3, 0.4) is 0 Å². The van der Waals surface area contributed by atoms with Crippen molar-refractivity contribution in [2.24, 2.45) is 0 Å².